The Balaban J connectivity index is 1.52. The van der Waals surface area contributed by atoms with Crippen LogP contribution in [0, 0.1) is 29.1 Å². The summed E-state index contributed by atoms with van der Waals surface area (Å²) in [6, 6.07) is 0. The predicted molar refractivity (Wildman–Crippen MR) is 122 cm³/mol. The Labute approximate surface area is 188 Å². The van der Waals surface area contributed by atoms with Crippen molar-refractivity contribution in [3.8, 4) is 0 Å². The minimum absolute atomic E-state index is 0.0203. The molecule has 6 aliphatic rings. The van der Waals surface area contributed by atoms with Crippen molar-refractivity contribution in [3.05, 3.63) is 20.6 Å². The summed E-state index contributed by atoms with van der Waals surface area (Å²) in [6.45, 7) is 14.2. The molecule has 0 aromatic heterocycles. The summed E-state index contributed by atoms with van der Waals surface area (Å²) < 4.78 is 7.65. The fourth-order valence-electron chi connectivity index (χ4n) is 9.31. The summed E-state index contributed by atoms with van der Waals surface area (Å²) in [4.78, 5) is 14.2. The molecule has 4 unspecified atom stereocenters. The van der Waals surface area contributed by atoms with Crippen molar-refractivity contribution >= 4 is 5.91 Å². The third kappa shape index (κ3) is 2.68. The van der Waals surface area contributed by atoms with E-state index in [4.69, 9.17) is 0 Å². The van der Waals surface area contributed by atoms with Gasteiger partial charge >= 0.3 is 189 Å². The molecule has 4 bridgehead atoms. The van der Waals surface area contributed by atoms with Crippen LogP contribution in [-0.2, 0) is 21.6 Å². The molecular formula is C27H43NOTi. The first-order valence-electron chi connectivity index (χ1n) is 12.9. The molecule has 0 aromatic carbocycles. The van der Waals surface area contributed by atoms with Gasteiger partial charge in [0, 0.05) is 0 Å². The number of hydrogen-bond donors (Lipinski definition) is 1. The first-order chi connectivity index (χ1) is 14.2. The van der Waals surface area contributed by atoms with Gasteiger partial charge in [0.15, 0.2) is 0 Å². The van der Waals surface area contributed by atoms with Gasteiger partial charge in [-0.3, -0.25) is 0 Å². The van der Waals surface area contributed by atoms with Crippen molar-refractivity contribution < 1.29 is 21.6 Å². The van der Waals surface area contributed by atoms with Gasteiger partial charge in [-0.15, -0.1) is 0 Å². The van der Waals surface area contributed by atoms with Crippen LogP contribution in [-0.4, -0.2) is 5.91 Å². The van der Waals surface area contributed by atoms with Crippen LogP contribution in [0.1, 0.15) is 99.3 Å². The maximum atomic E-state index is 14.2. The van der Waals surface area contributed by atoms with Gasteiger partial charge in [-0.25, -0.2) is 0 Å². The molecule has 1 saturated heterocycles. The van der Waals surface area contributed by atoms with Gasteiger partial charge < -0.3 is 0 Å². The molecule has 2 nitrogen and oxygen atoms in total. The number of allylic oxidation sites excluding steroid dienone is 4. The van der Waals surface area contributed by atoms with Gasteiger partial charge in [-0.1, -0.05) is 0 Å². The molecule has 0 spiro atoms. The zero-order chi connectivity index (χ0) is 21.5. The Morgan fingerprint density at radius 2 is 1.60 bits per heavy atom. The second kappa shape index (κ2) is 7.08. The van der Waals surface area contributed by atoms with Gasteiger partial charge in [0.05, 0.1) is 0 Å². The molecule has 5 fully saturated rings. The molecule has 30 heavy (non-hydrogen) atoms. The maximum absolute atomic E-state index is 14.2. The van der Waals surface area contributed by atoms with Crippen LogP contribution in [0.5, 0.6) is 0 Å². The Hall–Kier alpha value is -0.336. The molecule has 4 atom stereocenters. The molecule has 3 heteroatoms. The predicted octanol–water partition coefficient (Wildman–Crippen LogP) is 7.45. The number of carbonyl (C=O) groups is 1. The Kier molecular flexibility index (Phi) is 5.08. The average Bonchev–Trinajstić information content (AvgIpc) is 3.00. The summed E-state index contributed by atoms with van der Waals surface area (Å²) in [5, 5.41) is 0. The van der Waals surface area contributed by atoms with Crippen LogP contribution < -0.4 is 3.80 Å². The van der Waals surface area contributed by atoms with Crippen molar-refractivity contribution in [3.63, 3.8) is 0 Å². The quantitative estimate of drug-likeness (QED) is 0.405. The van der Waals surface area contributed by atoms with Crippen LogP contribution in [0.4, 0.5) is 0 Å². The van der Waals surface area contributed by atoms with E-state index in [-0.39, 0.29) is 5.41 Å². The monoisotopic (exact) mass is 445 g/mol. The summed E-state index contributed by atoms with van der Waals surface area (Å²) in [5.41, 5.74) is 4.66. The molecule has 1 aliphatic heterocycles. The molecule has 1 amide bonds. The van der Waals surface area contributed by atoms with Crippen LogP contribution in [0.2, 0.25) is 8.45 Å². The van der Waals surface area contributed by atoms with Gasteiger partial charge in [0.2, 0.25) is 0 Å². The number of carbonyl (C=O) groups excluding carboxylic acids is 1. The second-order valence-corrected chi connectivity index (χ2v) is 18.4. The van der Waals surface area contributed by atoms with Crippen molar-refractivity contribution in [2.24, 2.45) is 29.1 Å². The zero-order valence-corrected chi connectivity index (χ0v) is 21.9. The topological polar surface area (TPSA) is 29.1 Å². The van der Waals surface area contributed by atoms with E-state index in [1.165, 1.54) is 68.1 Å². The first kappa shape index (κ1) is 21.5. The van der Waals surface area contributed by atoms with Crippen molar-refractivity contribution in [2.45, 2.75) is 108 Å². The number of rotatable bonds is 7. The van der Waals surface area contributed by atoms with Crippen LogP contribution in [0.3, 0.4) is 0 Å². The van der Waals surface area contributed by atoms with Crippen molar-refractivity contribution in [1.82, 2.24) is 3.80 Å². The third-order valence-corrected chi connectivity index (χ3v) is 19.5. The van der Waals surface area contributed by atoms with E-state index < -0.39 is 16.8 Å². The van der Waals surface area contributed by atoms with E-state index in [2.05, 4.69) is 45.3 Å². The Morgan fingerprint density at radius 3 is 2.10 bits per heavy atom. The van der Waals surface area contributed by atoms with Crippen LogP contribution in [0.25, 0.3) is 0 Å². The molecular weight excluding hydrogens is 402 g/mol. The van der Waals surface area contributed by atoms with Gasteiger partial charge in [-0.2, -0.15) is 0 Å². The normalized spacial score (nSPS) is 43.1. The Morgan fingerprint density at radius 1 is 1.00 bits per heavy atom. The fraction of sp³-hybridized carbons (Fsp3) is 0.815. The summed E-state index contributed by atoms with van der Waals surface area (Å²) in [6.07, 6.45) is 11.7. The third-order valence-electron chi connectivity index (χ3n) is 10.7. The van der Waals surface area contributed by atoms with Crippen molar-refractivity contribution in [2.75, 3.05) is 0 Å². The van der Waals surface area contributed by atoms with Crippen LogP contribution >= 0.6 is 0 Å². The molecule has 1 heterocycles. The molecule has 0 radical (unpaired) electrons. The summed E-state index contributed by atoms with van der Waals surface area (Å²) >= 11 is -2.69. The van der Waals surface area contributed by atoms with Crippen LogP contribution in [0.15, 0.2) is 20.6 Å². The number of amides is 1. The number of nitrogens with one attached hydrogen (secondary N) is 1. The van der Waals surface area contributed by atoms with E-state index in [1.54, 1.807) is 15.0 Å². The standard InChI is InChI=1S/C10H15NO.C9H13.C8H16.Ti/c11-9(12)10-4-6-1-7(5-10)3-8(10)2-6;1-6-5-7(2)9(4)8(6)3;1-4-6-8(3)7-5-2;/h6-8H,1-5H2,(H2,11,12);6H,1-4H3;3-7H2,1-2H3;/q;;;+1/p-1. The van der Waals surface area contributed by atoms with Gasteiger partial charge in [0.1, 0.15) is 0 Å². The summed E-state index contributed by atoms with van der Waals surface area (Å²) in [7, 11) is 0. The average molecular weight is 446 g/mol. The minimum atomic E-state index is -2.69. The molecule has 4 saturated carbocycles. The second-order valence-electron chi connectivity index (χ2n) is 12.1. The number of hydrogen-bond acceptors (Lipinski definition) is 1. The molecule has 6 rings (SSSR count). The van der Waals surface area contributed by atoms with Gasteiger partial charge in [-0.05, 0) is 0 Å². The SMILES string of the molecule is CCC[C]1(CCC)[CH2][Ti]1([NH]C(=O)C12CC3CC(CC1C3)C2)[C]1=C(C)C(C)=C(C)C1C. The molecule has 5 aliphatic carbocycles. The van der Waals surface area contributed by atoms with E-state index in [9.17, 15) is 4.79 Å². The van der Waals surface area contributed by atoms with Gasteiger partial charge in [0.25, 0.3) is 0 Å². The van der Waals surface area contributed by atoms with E-state index in [0.717, 1.165) is 11.8 Å². The zero-order valence-electron chi connectivity index (χ0n) is 20.3. The fourth-order valence-corrected chi connectivity index (χ4v) is 20.3. The molecule has 166 valence electrons. The van der Waals surface area contributed by atoms with E-state index in [1.807, 2.05) is 0 Å². The van der Waals surface area contributed by atoms with E-state index in [0.29, 0.717) is 21.5 Å². The molecule has 1 N–H and O–H groups in total. The van der Waals surface area contributed by atoms with E-state index >= 15 is 0 Å². The first-order valence-corrected chi connectivity index (χ1v) is 16.4. The molecule has 0 aromatic rings. The van der Waals surface area contributed by atoms with Crippen molar-refractivity contribution in [1.29, 1.82) is 0 Å². The summed E-state index contributed by atoms with van der Waals surface area (Å²) in [5.74, 6) is 3.48. The Bertz CT molecular complexity index is 818.